The number of benzene rings is 2. The molecule has 0 aliphatic heterocycles. The van der Waals surface area contributed by atoms with Crippen LogP contribution in [0.3, 0.4) is 0 Å². The quantitative estimate of drug-likeness (QED) is 0.641. The Morgan fingerprint density at radius 3 is 2.30 bits per heavy atom. The average molecular weight is 288 g/mol. The average Bonchev–Trinajstić information content (AvgIpc) is 2.47. The van der Waals surface area contributed by atoms with Crippen LogP contribution >= 0.6 is 11.6 Å². The van der Waals surface area contributed by atoms with Crippen LogP contribution in [0.4, 0.5) is 0 Å². The van der Waals surface area contributed by atoms with Crippen LogP contribution in [-0.4, -0.2) is 11.8 Å². The van der Waals surface area contributed by atoms with E-state index in [-0.39, 0.29) is 10.6 Å². The molecule has 102 valence electrons. The Balaban J connectivity index is 2.61. The molecule has 0 heterocycles. The Hall–Kier alpha value is -2.13. The molecule has 0 unspecified atom stereocenters. The fourth-order valence-corrected chi connectivity index (χ4v) is 2.52. The molecule has 2 aromatic rings. The van der Waals surface area contributed by atoms with Crippen molar-refractivity contribution in [2.24, 2.45) is 0 Å². The molecule has 3 nitrogen and oxygen atoms in total. The van der Waals surface area contributed by atoms with Gasteiger partial charge in [0.05, 0.1) is 5.02 Å². The lowest BCUT2D eigenvalue weighted by Crippen LogP contribution is -2.31. The van der Waals surface area contributed by atoms with Crippen molar-refractivity contribution in [1.82, 2.24) is 0 Å². The van der Waals surface area contributed by atoms with Gasteiger partial charge in [-0.1, -0.05) is 54.9 Å². The van der Waals surface area contributed by atoms with Crippen molar-refractivity contribution in [3.8, 4) is 11.1 Å². The fourth-order valence-electron chi connectivity index (χ4n) is 2.14. The second kappa shape index (κ2) is 5.88. The minimum Gasteiger partial charge on any atom is -0.541 e. The number of ketones is 1. The van der Waals surface area contributed by atoms with Gasteiger partial charge >= 0.3 is 0 Å². The fraction of sp³-hybridized carbons (Fsp3) is 0.125. The van der Waals surface area contributed by atoms with Crippen LogP contribution in [0.15, 0.2) is 42.5 Å². The highest BCUT2D eigenvalue weighted by Gasteiger charge is 2.17. The molecule has 2 rings (SSSR count). The third-order valence-corrected chi connectivity index (χ3v) is 3.54. The minimum absolute atomic E-state index is 0.0248. The zero-order valence-electron chi connectivity index (χ0n) is 10.9. The molecule has 0 aromatic heterocycles. The monoisotopic (exact) mass is 287 g/mol. The molecular weight excluding hydrogens is 276 g/mol. The van der Waals surface area contributed by atoms with Crippen LogP contribution in [0.5, 0.6) is 0 Å². The molecule has 0 atom stereocenters. The molecule has 0 radical (unpaired) electrons. The molecule has 2 aromatic carbocycles. The van der Waals surface area contributed by atoms with Gasteiger partial charge in [0.1, 0.15) is 5.97 Å². The Kier molecular flexibility index (Phi) is 4.20. The second-order valence-corrected chi connectivity index (χ2v) is 4.67. The van der Waals surface area contributed by atoms with Crippen LogP contribution in [0.2, 0.25) is 5.02 Å². The van der Waals surface area contributed by atoms with E-state index in [9.17, 15) is 14.7 Å². The predicted molar refractivity (Wildman–Crippen MR) is 75.6 cm³/mol. The molecule has 4 heteroatoms. The number of hydrogen-bond acceptors (Lipinski definition) is 3. The number of hydrogen-bond donors (Lipinski definition) is 0. The molecule has 0 N–H and O–H groups in total. The predicted octanol–water partition coefficient (Wildman–Crippen LogP) is 2.50. The van der Waals surface area contributed by atoms with Gasteiger partial charge in [0, 0.05) is 5.56 Å². The summed E-state index contributed by atoms with van der Waals surface area (Å²) in [6.07, 6.45) is 0.594. The lowest BCUT2D eigenvalue weighted by molar-refractivity contribution is -0.296. The number of carbonyl (C=O) groups is 2. The summed E-state index contributed by atoms with van der Waals surface area (Å²) in [5, 5.41) is 10.9. The van der Waals surface area contributed by atoms with E-state index in [0.29, 0.717) is 6.42 Å². The zero-order chi connectivity index (χ0) is 14.7. The number of carboxylic acids is 1. The minimum atomic E-state index is -1.75. The molecule has 20 heavy (non-hydrogen) atoms. The first-order valence-electron chi connectivity index (χ1n) is 6.18. The summed E-state index contributed by atoms with van der Waals surface area (Å²) < 4.78 is 0. The van der Waals surface area contributed by atoms with Gasteiger partial charge in [-0.3, -0.25) is 4.79 Å². The van der Waals surface area contributed by atoms with Crippen molar-refractivity contribution in [3.63, 3.8) is 0 Å². The lowest BCUT2D eigenvalue weighted by Gasteiger charge is -2.14. The summed E-state index contributed by atoms with van der Waals surface area (Å²) in [4.78, 5) is 22.2. The summed E-state index contributed by atoms with van der Waals surface area (Å²) in [6.45, 7) is 1.90. The molecule has 0 fully saturated rings. The molecular formula is C16H12ClO3-. The molecule has 0 aliphatic carbocycles. The topological polar surface area (TPSA) is 57.2 Å². The first-order chi connectivity index (χ1) is 9.56. The number of aliphatic carboxylic acids is 1. The van der Waals surface area contributed by atoms with Crippen molar-refractivity contribution >= 4 is 23.4 Å². The Morgan fingerprint density at radius 2 is 1.75 bits per heavy atom. The Bertz CT molecular complexity index is 663. The van der Waals surface area contributed by atoms with Gasteiger partial charge < -0.3 is 9.90 Å². The van der Waals surface area contributed by atoms with Gasteiger partial charge in [-0.25, -0.2) is 0 Å². The maximum Gasteiger partial charge on any atom is 0.209 e. The maximum absolute atomic E-state index is 11.5. The van der Waals surface area contributed by atoms with E-state index in [1.807, 2.05) is 37.3 Å². The summed E-state index contributed by atoms with van der Waals surface area (Å²) >= 11 is 6.19. The Labute approximate surface area is 121 Å². The number of carbonyl (C=O) groups excluding carboxylic acids is 2. The number of halogens is 1. The van der Waals surface area contributed by atoms with Gasteiger partial charge in [-0.05, 0) is 29.2 Å². The van der Waals surface area contributed by atoms with E-state index in [1.165, 1.54) is 6.07 Å². The van der Waals surface area contributed by atoms with Crippen LogP contribution in [0, 0.1) is 0 Å². The molecule has 0 saturated carbocycles. The van der Waals surface area contributed by atoms with E-state index < -0.39 is 11.8 Å². The summed E-state index contributed by atoms with van der Waals surface area (Å²) in [5.74, 6) is -2.84. The van der Waals surface area contributed by atoms with E-state index in [0.717, 1.165) is 16.7 Å². The molecule has 0 aliphatic rings. The van der Waals surface area contributed by atoms with Crippen molar-refractivity contribution < 1.29 is 14.7 Å². The van der Waals surface area contributed by atoms with Gasteiger partial charge in [0.25, 0.3) is 0 Å². The molecule has 0 saturated heterocycles. The number of rotatable bonds is 4. The van der Waals surface area contributed by atoms with E-state index in [4.69, 9.17) is 11.6 Å². The van der Waals surface area contributed by atoms with Gasteiger partial charge in [-0.2, -0.15) is 0 Å². The zero-order valence-corrected chi connectivity index (χ0v) is 11.6. The first kappa shape index (κ1) is 14.3. The van der Waals surface area contributed by atoms with Crippen molar-refractivity contribution in [1.29, 1.82) is 0 Å². The molecule has 0 amide bonds. The van der Waals surface area contributed by atoms with Crippen LogP contribution < -0.4 is 5.11 Å². The SMILES string of the molecule is CCc1c(-c2ccccc2)ccc(C(=O)C(=O)[O-])c1Cl. The van der Waals surface area contributed by atoms with Crippen molar-refractivity contribution in [2.75, 3.05) is 0 Å². The standard InChI is InChI=1S/C16H13ClO3/c1-2-11-12(10-6-4-3-5-7-10)8-9-13(14(11)17)15(18)16(19)20/h3-9H,2H2,1H3,(H,19,20)/p-1. The third kappa shape index (κ3) is 2.58. The highest BCUT2D eigenvalue weighted by atomic mass is 35.5. The summed E-state index contributed by atoms with van der Waals surface area (Å²) in [6, 6.07) is 12.7. The number of carboxylic acid groups (broad SMARTS) is 1. The Morgan fingerprint density at radius 1 is 1.10 bits per heavy atom. The number of Topliss-reactive ketones (excluding diaryl/α,β-unsaturated/α-hetero) is 1. The van der Waals surface area contributed by atoms with E-state index >= 15 is 0 Å². The normalized spacial score (nSPS) is 10.3. The molecule has 0 bridgehead atoms. The lowest BCUT2D eigenvalue weighted by atomic mass is 9.94. The van der Waals surface area contributed by atoms with Gasteiger partial charge in [0.2, 0.25) is 5.78 Å². The smallest absolute Gasteiger partial charge is 0.209 e. The summed E-state index contributed by atoms with van der Waals surface area (Å²) in [5.41, 5.74) is 2.60. The second-order valence-electron chi connectivity index (χ2n) is 4.29. The van der Waals surface area contributed by atoms with Crippen LogP contribution in [0.25, 0.3) is 11.1 Å². The largest absolute Gasteiger partial charge is 0.541 e. The van der Waals surface area contributed by atoms with Crippen molar-refractivity contribution in [3.05, 3.63) is 58.6 Å². The highest BCUT2D eigenvalue weighted by Crippen LogP contribution is 2.32. The van der Waals surface area contributed by atoms with Crippen LogP contribution in [0.1, 0.15) is 22.8 Å². The van der Waals surface area contributed by atoms with Gasteiger partial charge in [-0.15, -0.1) is 0 Å². The third-order valence-electron chi connectivity index (χ3n) is 3.11. The van der Waals surface area contributed by atoms with E-state index in [1.54, 1.807) is 6.07 Å². The highest BCUT2D eigenvalue weighted by molar-refractivity contribution is 6.44. The van der Waals surface area contributed by atoms with Gasteiger partial charge in [0.15, 0.2) is 0 Å². The van der Waals surface area contributed by atoms with E-state index in [2.05, 4.69) is 0 Å². The van der Waals surface area contributed by atoms with Crippen LogP contribution in [-0.2, 0) is 11.2 Å². The summed E-state index contributed by atoms with van der Waals surface area (Å²) in [7, 11) is 0. The van der Waals surface area contributed by atoms with Crippen molar-refractivity contribution in [2.45, 2.75) is 13.3 Å². The first-order valence-corrected chi connectivity index (χ1v) is 6.56. The molecule has 0 spiro atoms. The maximum atomic E-state index is 11.5.